The molecule has 2 atom stereocenters. The van der Waals surface area contributed by atoms with E-state index in [-0.39, 0.29) is 24.5 Å². The number of anilines is 1. The SMILES string of the molecule is CN1CCC(n2ccc(NC(=O)N3CC[C@@H](c4ccccc4)[C@@H](CO)C3)n2)CC1. The van der Waals surface area contributed by atoms with Crippen molar-refractivity contribution in [3.8, 4) is 0 Å². The van der Waals surface area contributed by atoms with Gasteiger partial charge in [0, 0.05) is 37.9 Å². The van der Waals surface area contributed by atoms with E-state index in [0.29, 0.717) is 24.9 Å². The number of aromatic nitrogens is 2. The van der Waals surface area contributed by atoms with E-state index in [1.807, 2.05) is 35.1 Å². The maximum Gasteiger partial charge on any atom is 0.323 e. The van der Waals surface area contributed by atoms with Crippen LogP contribution < -0.4 is 5.32 Å². The van der Waals surface area contributed by atoms with Crippen molar-refractivity contribution in [2.24, 2.45) is 5.92 Å². The third-order valence-corrected chi connectivity index (χ3v) is 6.39. The second-order valence-electron chi connectivity index (χ2n) is 8.34. The summed E-state index contributed by atoms with van der Waals surface area (Å²) in [7, 11) is 2.14. The van der Waals surface area contributed by atoms with E-state index in [9.17, 15) is 9.90 Å². The van der Waals surface area contributed by atoms with Gasteiger partial charge in [0.25, 0.3) is 0 Å². The predicted octanol–water partition coefficient (Wildman–Crippen LogP) is 2.78. The number of aliphatic hydroxyl groups is 1. The summed E-state index contributed by atoms with van der Waals surface area (Å²) in [6.45, 7) is 3.46. The molecule has 1 aromatic heterocycles. The lowest BCUT2D eigenvalue weighted by atomic mass is 9.81. The number of likely N-dealkylation sites (tertiary alicyclic amines) is 2. The molecule has 0 bridgehead atoms. The van der Waals surface area contributed by atoms with Gasteiger partial charge in [-0.15, -0.1) is 0 Å². The highest BCUT2D eigenvalue weighted by atomic mass is 16.3. The highest BCUT2D eigenvalue weighted by Crippen LogP contribution is 2.33. The van der Waals surface area contributed by atoms with Gasteiger partial charge in [0.1, 0.15) is 0 Å². The molecule has 3 heterocycles. The van der Waals surface area contributed by atoms with Crippen LogP contribution in [0.25, 0.3) is 0 Å². The molecule has 7 heteroatoms. The fraction of sp³-hybridized carbons (Fsp3) is 0.545. The third-order valence-electron chi connectivity index (χ3n) is 6.39. The fourth-order valence-electron chi connectivity index (χ4n) is 4.60. The first-order valence-electron chi connectivity index (χ1n) is 10.6. The second kappa shape index (κ2) is 8.97. The Bertz CT molecular complexity index is 801. The van der Waals surface area contributed by atoms with Crippen LogP contribution in [0.2, 0.25) is 0 Å². The van der Waals surface area contributed by atoms with E-state index in [1.54, 1.807) is 4.90 Å². The minimum Gasteiger partial charge on any atom is -0.396 e. The molecular weight excluding hydrogens is 366 g/mol. The van der Waals surface area contributed by atoms with Crippen molar-refractivity contribution in [3.63, 3.8) is 0 Å². The number of carbonyl (C=O) groups is 1. The molecule has 29 heavy (non-hydrogen) atoms. The number of benzene rings is 1. The summed E-state index contributed by atoms with van der Waals surface area (Å²) >= 11 is 0. The molecule has 7 nitrogen and oxygen atoms in total. The summed E-state index contributed by atoms with van der Waals surface area (Å²) < 4.78 is 1.99. The van der Waals surface area contributed by atoms with Gasteiger partial charge in [-0.25, -0.2) is 4.79 Å². The molecule has 2 amide bonds. The minimum atomic E-state index is -0.136. The van der Waals surface area contributed by atoms with Crippen LogP contribution in [0, 0.1) is 5.92 Å². The molecule has 0 saturated carbocycles. The number of urea groups is 1. The first kappa shape index (κ1) is 19.9. The van der Waals surface area contributed by atoms with E-state index < -0.39 is 0 Å². The predicted molar refractivity (Wildman–Crippen MR) is 113 cm³/mol. The number of rotatable bonds is 4. The molecule has 2 aromatic rings. The zero-order valence-electron chi connectivity index (χ0n) is 17.1. The van der Waals surface area contributed by atoms with Crippen molar-refractivity contribution >= 4 is 11.8 Å². The van der Waals surface area contributed by atoms with Gasteiger partial charge < -0.3 is 14.9 Å². The summed E-state index contributed by atoms with van der Waals surface area (Å²) in [6.07, 6.45) is 4.98. The van der Waals surface area contributed by atoms with E-state index in [2.05, 4.69) is 34.5 Å². The van der Waals surface area contributed by atoms with Crippen LogP contribution in [0.15, 0.2) is 42.6 Å². The van der Waals surface area contributed by atoms with Crippen LogP contribution in [0.4, 0.5) is 10.6 Å². The molecule has 2 aliphatic heterocycles. The molecule has 2 saturated heterocycles. The van der Waals surface area contributed by atoms with Crippen molar-refractivity contribution < 1.29 is 9.90 Å². The van der Waals surface area contributed by atoms with Crippen LogP contribution in [0.1, 0.15) is 36.8 Å². The Kier molecular flexibility index (Phi) is 6.16. The summed E-state index contributed by atoms with van der Waals surface area (Å²) in [6, 6.07) is 12.4. The number of aliphatic hydroxyl groups excluding tert-OH is 1. The molecule has 0 radical (unpaired) electrons. The first-order valence-corrected chi connectivity index (χ1v) is 10.6. The summed E-state index contributed by atoms with van der Waals surface area (Å²) in [5, 5.41) is 17.4. The lowest BCUT2D eigenvalue weighted by Gasteiger charge is -2.38. The number of nitrogens with one attached hydrogen (secondary N) is 1. The topological polar surface area (TPSA) is 73.6 Å². The maximum absolute atomic E-state index is 12.8. The molecular formula is C22H31N5O2. The monoisotopic (exact) mass is 397 g/mol. The van der Waals surface area contributed by atoms with Crippen molar-refractivity contribution in [2.75, 3.05) is 45.2 Å². The third kappa shape index (κ3) is 4.62. The Hall–Kier alpha value is -2.38. The Morgan fingerprint density at radius 1 is 1.14 bits per heavy atom. The second-order valence-corrected chi connectivity index (χ2v) is 8.34. The Morgan fingerprint density at radius 3 is 2.62 bits per heavy atom. The van der Waals surface area contributed by atoms with E-state index in [0.717, 1.165) is 32.4 Å². The van der Waals surface area contributed by atoms with Gasteiger partial charge in [0.2, 0.25) is 0 Å². The van der Waals surface area contributed by atoms with E-state index in [1.165, 1.54) is 5.56 Å². The largest absolute Gasteiger partial charge is 0.396 e. The molecule has 0 unspecified atom stereocenters. The lowest BCUT2D eigenvalue weighted by Crippen LogP contribution is -2.46. The lowest BCUT2D eigenvalue weighted by molar-refractivity contribution is 0.119. The molecule has 1 aromatic carbocycles. The van der Waals surface area contributed by atoms with Gasteiger partial charge in [0.05, 0.1) is 6.04 Å². The van der Waals surface area contributed by atoms with Crippen molar-refractivity contribution in [1.82, 2.24) is 19.6 Å². The average Bonchev–Trinajstić information content (AvgIpc) is 3.22. The molecule has 4 rings (SSSR count). The first-order chi connectivity index (χ1) is 14.1. The van der Waals surface area contributed by atoms with Crippen molar-refractivity contribution in [1.29, 1.82) is 0 Å². The molecule has 2 N–H and O–H groups in total. The maximum atomic E-state index is 12.8. The number of nitrogens with zero attached hydrogens (tertiary/aromatic N) is 4. The van der Waals surface area contributed by atoms with E-state index in [4.69, 9.17) is 0 Å². The number of piperidine rings is 2. The summed E-state index contributed by atoms with van der Waals surface area (Å²) in [4.78, 5) is 16.9. The standard InChI is InChI=1S/C22H31N5O2/c1-25-11-7-19(8-12-25)27-14-10-21(24-27)23-22(29)26-13-9-20(18(15-26)16-28)17-5-3-2-4-6-17/h2-6,10,14,18-20,28H,7-9,11-13,15-16H2,1H3,(H,23,24,29)/t18-,20+/m1/s1. The van der Waals surface area contributed by atoms with Crippen LogP contribution in [-0.4, -0.2) is 70.6 Å². The van der Waals surface area contributed by atoms with Gasteiger partial charge in [-0.05, 0) is 50.9 Å². The average molecular weight is 398 g/mol. The Morgan fingerprint density at radius 2 is 1.90 bits per heavy atom. The number of amides is 2. The minimum absolute atomic E-state index is 0.0497. The van der Waals surface area contributed by atoms with Gasteiger partial charge in [-0.2, -0.15) is 5.10 Å². The zero-order chi connectivity index (χ0) is 20.2. The Labute approximate surface area is 172 Å². The van der Waals surface area contributed by atoms with Crippen LogP contribution in [0.5, 0.6) is 0 Å². The van der Waals surface area contributed by atoms with Gasteiger partial charge in [-0.1, -0.05) is 30.3 Å². The van der Waals surface area contributed by atoms with Crippen LogP contribution >= 0.6 is 0 Å². The number of hydrogen-bond acceptors (Lipinski definition) is 4. The van der Waals surface area contributed by atoms with Gasteiger partial charge in [-0.3, -0.25) is 10.00 Å². The smallest absolute Gasteiger partial charge is 0.323 e. The summed E-state index contributed by atoms with van der Waals surface area (Å²) in [5.41, 5.74) is 1.24. The molecule has 2 aliphatic rings. The quantitative estimate of drug-likeness (QED) is 0.832. The number of carbonyl (C=O) groups excluding carboxylic acids is 1. The normalized spacial score (nSPS) is 23.9. The highest BCUT2D eigenvalue weighted by Gasteiger charge is 2.32. The number of hydrogen-bond donors (Lipinski definition) is 2. The molecule has 0 aliphatic carbocycles. The van der Waals surface area contributed by atoms with Gasteiger partial charge >= 0.3 is 6.03 Å². The van der Waals surface area contributed by atoms with Crippen LogP contribution in [-0.2, 0) is 0 Å². The highest BCUT2D eigenvalue weighted by molar-refractivity contribution is 5.88. The van der Waals surface area contributed by atoms with Crippen LogP contribution in [0.3, 0.4) is 0 Å². The molecule has 0 spiro atoms. The zero-order valence-corrected chi connectivity index (χ0v) is 17.1. The van der Waals surface area contributed by atoms with Gasteiger partial charge in [0.15, 0.2) is 5.82 Å². The fourth-order valence-corrected chi connectivity index (χ4v) is 4.60. The Balaban J connectivity index is 1.35. The summed E-state index contributed by atoms with van der Waals surface area (Å²) in [5.74, 6) is 0.933. The molecule has 2 fully saturated rings. The van der Waals surface area contributed by atoms with E-state index >= 15 is 0 Å². The van der Waals surface area contributed by atoms with Crippen molar-refractivity contribution in [2.45, 2.75) is 31.2 Å². The molecule has 156 valence electrons. The van der Waals surface area contributed by atoms with Crippen molar-refractivity contribution in [3.05, 3.63) is 48.2 Å².